The van der Waals surface area contributed by atoms with Crippen LogP contribution in [0.3, 0.4) is 0 Å². The second-order valence-corrected chi connectivity index (χ2v) is 7.68. The van der Waals surface area contributed by atoms with Gasteiger partial charge in [0.2, 0.25) is 0 Å². The van der Waals surface area contributed by atoms with E-state index in [9.17, 15) is 9.59 Å². The molecule has 3 aromatic rings. The highest BCUT2D eigenvalue weighted by Crippen LogP contribution is 2.13. The summed E-state index contributed by atoms with van der Waals surface area (Å²) in [4.78, 5) is 27.1. The molecule has 1 amide bonds. The van der Waals surface area contributed by atoms with Crippen LogP contribution in [0.5, 0.6) is 0 Å². The third-order valence-corrected chi connectivity index (χ3v) is 5.36. The molecule has 0 atom stereocenters. The van der Waals surface area contributed by atoms with Gasteiger partial charge in [-0.25, -0.2) is 4.68 Å². The maximum absolute atomic E-state index is 12.5. The Morgan fingerprint density at radius 1 is 0.833 bits per heavy atom. The van der Waals surface area contributed by atoms with Gasteiger partial charge in [-0.2, -0.15) is 5.10 Å². The predicted molar refractivity (Wildman–Crippen MR) is 116 cm³/mol. The van der Waals surface area contributed by atoms with Gasteiger partial charge >= 0.3 is 0 Å². The summed E-state index contributed by atoms with van der Waals surface area (Å²) in [7, 11) is 0. The number of benzene rings is 2. The van der Waals surface area contributed by atoms with E-state index in [1.54, 1.807) is 0 Å². The summed E-state index contributed by atoms with van der Waals surface area (Å²) in [5.74, 6) is -0.294. The van der Waals surface area contributed by atoms with Crippen molar-refractivity contribution in [2.75, 3.05) is 13.1 Å². The maximum atomic E-state index is 12.5. The largest absolute Gasteiger partial charge is 0.347 e. The molecule has 0 radical (unpaired) electrons. The van der Waals surface area contributed by atoms with E-state index >= 15 is 0 Å². The van der Waals surface area contributed by atoms with Crippen molar-refractivity contribution in [2.45, 2.75) is 32.5 Å². The van der Waals surface area contributed by atoms with Crippen molar-refractivity contribution in [2.24, 2.45) is 0 Å². The van der Waals surface area contributed by atoms with Crippen molar-refractivity contribution in [3.8, 4) is 0 Å². The Hall–Kier alpha value is -3.25. The lowest BCUT2D eigenvalue weighted by Crippen LogP contribution is -2.29. The van der Waals surface area contributed by atoms with Crippen molar-refractivity contribution in [3.63, 3.8) is 0 Å². The minimum Gasteiger partial charge on any atom is -0.347 e. The van der Waals surface area contributed by atoms with Crippen molar-refractivity contribution in [1.29, 1.82) is 0 Å². The van der Waals surface area contributed by atoms with Gasteiger partial charge in [0.25, 0.3) is 11.5 Å². The molecule has 1 saturated heterocycles. The molecule has 0 saturated carbocycles. The number of carbonyl (C=O) groups is 1. The third-order valence-electron chi connectivity index (χ3n) is 5.36. The van der Waals surface area contributed by atoms with Gasteiger partial charge in [0.05, 0.1) is 6.54 Å². The Kier molecular flexibility index (Phi) is 6.35. The summed E-state index contributed by atoms with van der Waals surface area (Å²) >= 11 is 0. The van der Waals surface area contributed by atoms with Gasteiger partial charge in [-0.1, -0.05) is 54.6 Å². The molecule has 2 heterocycles. The molecular formula is C24H26N4O2. The molecule has 0 aliphatic carbocycles. The lowest BCUT2D eigenvalue weighted by molar-refractivity contribution is 0.0943. The first-order valence-corrected chi connectivity index (χ1v) is 10.4. The van der Waals surface area contributed by atoms with Crippen LogP contribution in [0, 0.1) is 0 Å². The Labute approximate surface area is 176 Å². The van der Waals surface area contributed by atoms with Crippen LogP contribution in [0.15, 0.2) is 71.5 Å². The molecule has 6 heteroatoms. The lowest BCUT2D eigenvalue weighted by Gasteiger charge is -2.14. The number of rotatable bonds is 7. The van der Waals surface area contributed by atoms with Gasteiger partial charge in [-0.3, -0.25) is 14.5 Å². The molecule has 1 aliphatic heterocycles. The van der Waals surface area contributed by atoms with Crippen LogP contribution in [0.25, 0.3) is 0 Å². The number of hydrogen-bond donors (Lipinski definition) is 1. The molecule has 4 rings (SSSR count). The van der Waals surface area contributed by atoms with E-state index in [2.05, 4.69) is 39.6 Å². The molecule has 0 bridgehead atoms. The van der Waals surface area contributed by atoms with Crippen LogP contribution in [0.2, 0.25) is 0 Å². The average molecular weight is 402 g/mol. The first-order chi connectivity index (χ1) is 14.7. The van der Waals surface area contributed by atoms with Crippen LogP contribution in [-0.4, -0.2) is 33.7 Å². The topological polar surface area (TPSA) is 67.2 Å². The van der Waals surface area contributed by atoms with Crippen molar-refractivity contribution in [3.05, 3.63) is 99.5 Å². The fraction of sp³-hybridized carbons (Fsp3) is 0.292. The van der Waals surface area contributed by atoms with E-state index in [4.69, 9.17) is 0 Å². The minimum atomic E-state index is -0.294. The highest BCUT2D eigenvalue weighted by Gasteiger charge is 2.12. The smallest absolute Gasteiger partial charge is 0.271 e. The number of nitrogens with one attached hydrogen (secondary N) is 1. The fourth-order valence-corrected chi connectivity index (χ4v) is 3.67. The number of amides is 1. The SMILES string of the molecule is O=C(NCc1ccc(CN2CCCC2)cc1)c1ccc(=O)n(Cc2ccccc2)n1. The van der Waals surface area contributed by atoms with E-state index in [0.29, 0.717) is 13.1 Å². The second kappa shape index (κ2) is 9.50. The van der Waals surface area contributed by atoms with Gasteiger partial charge in [0.15, 0.2) is 0 Å². The number of carbonyl (C=O) groups excluding carboxylic acids is 1. The molecule has 1 N–H and O–H groups in total. The molecule has 154 valence electrons. The van der Waals surface area contributed by atoms with Gasteiger partial charge in [-0.05, 0) is 48.7 Å². The van der Waals surface area contributed by atoms with Gasteiger partial charge in [0.1, 0.15) is 5.69 Å². The highest BCUT2D eigenvalue weighted by atomic mass is 16.2. The molecule has 1 aromatic heterocycles. The standard InChI is InChI=1S/C24H26N4O2/c29-23-13-12-22(26-28(23)18-20-6-2-1-3-7-20)24(30)25-16-19-8-10-21(11-9-19)17-27-14-4-5-15-27/h1-3,6-13H,4-5,14-18H2,(H,25,30). The maximum Gasteiger partial charge on any atom is 0.271 e. The molecule has 2 aromatic carbocycles. The summed E-state index contributed by atoms with van der Waals surface area (Å²) in [6, 6.07) is 20.8. The normalized spacial score (nSPS) is 14.0. The summed E-state index contributed by atoms with van der Waals surface area (Å²) in [5.41, 5.74) is 3.28. The summed E-state index contributed by atoms with van der Waals surface area (Å²) in [6.45, 7) is 4.09. The third kappa shape index (κ3) is 5.21. The Bertz CT molecular complexity index is 1040. The quantitative estimate of drug-likeness (QED) is 0.660. The van der Waals surface area contributed by atoms with Crippen LogP contribution < -0.4 is 10.9 Å². The molecule has 1 aliphatic rings. The van der Waals surface area contributed by atoms with Crippen LogP contribution >= 0.6 is 0 Å². The van der Waals surface area contributed by atoms with E-state index in [1.807, 2.05) is 30.3 Å². The zero-order valence-electron chi connectivity index (χ0n) is 17.0. The van der Waals surface area contributed by atoms with Gasteiger partial charge in [0, 0.05) is 19.2 Å². The van der Waals surface area contributed by atoms with Crippen LogP contribution in [0.4, 0.5) is 0 Å². The summed E-state index contributed by atoms with van der Waals surface area (Å²) < 4.78 is 1.32. The molecule has 30 heavy (non-hydrogen) atoms. The van der Waals surface area contributed by atoms with E-state index in [-0.39, 0.29) is 17.2 Å². The van der Waals surface area contributed by atoms with E-state index in [1.165, 1.54) is 48.3 Å². The van der Waals surface area contributed by atoms with Crippen molar-refractivity contribution in [1.82, 2.24) is 20.0 Å². The van der Waals surface area contributed by atoms with Gasteiger partial charge in [-0.15, -0.1) is 0 Å². The number of aromatic nitrogens is 2. The monoisotopic (exact) mass is 402 g/mol. The number of likely N-dealkylation sites (tertiary alicyclic amines) is 1. The Morgan fingerprint density at radius 2 is 1.50 bits per heavy atom. The van der Waals surface area contributed by atoms with E-state index in [0.717, 1.165) is 17.7 Å². The zero-order chi connectivity index (χ0) is 20.8. The molecular weight excluding hydrogens is 376 g/mol. The molecule has 1 fully saturated rings. The second-order valence-electron chi connectivity index (χ2n) is 7.68. The highest BCUT2D eigenvalue weighted by molar-refractivity contribution is 5.91. The van der Waals surface area contributed by atoms with Gasteiger partial charge < -0.3 is 5.32 Å². The minimum absolute atomic E-state index is 0.232. The van der Waals surface area contributed by atoms with E-state index < -0.39 is 0 Å². The van der Waals surface area contributed by atoms with Crippen LogP contribution in [0.1, 0.15) is 40.0 Å². The summed E-state index contributed by atoms with van der Waals surface area (Å²) in [6.07, 6.45) is 2.58. The molecule has 6 nitrogen and oxygen atoms in total. The molecule has 0 unspecified atom stereocenters. The first kappa shape index (κ1) is 20.0. The number of hydrogen-bond acceptors (Lipinski definition) is 4. The Balaban J connectivity index is 1.35. The van der Waals surface area contributed by atoms with Crippen molar-refractivity contribution >= 4 is 5.91 Å². The fourth-order valence-electron chi connectivity index (χ4n) is 3.67. The predicted octanol–water partition coefficient (Wildman–Crippen LogP) is 2.82. The molecule has 0 spiro atoms. The Morgan fingerprint density at radius 3 is 2.23 bits per heavy atom. The average Bonchev–Trinajstić information content (AvgIpc) is 3.28. The van der Waals surface area contributed by atoms with Crippen LogP contribution in [-0.2, 0) is 19.6 Å². The number of nitrogens with zero attached hydrogens (tertiary/aromatic N) is 3. The summed E-state index contributed by atoms with van der Waals surface area (Å²) in [5, 5.41) is 7.13. The first-order valence-electron chi connectivity index (χ1n) is 10.4. The van der Waals surface area contributed by atoms with Crippen molar-refractivity contribution < 1.29 is 4.79 Å². The zero-order valence-corrected chi connectivity index (χ0v) is 17.0. The lowest BCUT2D eigenvalue weighted by atomic mass is 10.1.